The first kappa shape index (κ1) is 13.3. The summed E-state index contributed by atoms with van der Waals surface area (Å²) in [6.45, 7) is 1.98. The summed E-state index contributed by atoms with van der Waals surface area (Å²) in [5.74, 6) is -0.467. The van der Waals surface area contributed by atoms with Gasteiger partial charge in [0.15, 0.2) is 5.76 Å². The molecule has 1 N–H and O–H groups in total. The van der Waals surface area contributed by atoms with E-state index in [1.54, 1.807) is 0 Å². The van der Waals surface area contributed by atoms with Crippen molar-refractivity contribution in [2.45, 2.75) is 32.6 Å². The van der Waals surface area contributed by atoms with Gasteiger partial charge < -0.3 is 9.63 Å². The molecule has 19 heavy (non-hydrogen) atoms. The molecule has 0 saturated carbocycles. The van der Waals surface area contributed by atoms with Crippen LogP contribution in [0.25, 0.3) is 0 Å². The van der Waals surface area contributed by atoms with Crippen LogP contribution in [0.2, 0.25) is 0 Å². The summed E-state index contributed by atoms with van der Waals surface area (Å²) >= 11 is 0. The fourth-order valence-electron chi connectivity index (χ4n) is 2.08. The average Bonchev–Trinajstić information content (AvgIpc) is 2.81. The topological polar surface area (TPSA) is 63.3 Å². The SMILES string of the molecule is CCCc1onc(CCc2ccccc2)c1C(=O)O. The second kappa shape index (κ2) is 6.18. The van der Waals surface area contributed by atoms with E-state index in [-0.39, 0.29) is 5.56 Å². The first-order valence-corrected chi connectivity index (χ1v) is 6.47. The lowest BCUT2D eigenvalue weighted by Gasteiger charge is -2.00. The minimum Gasteiger partial charge on any atom is -0.477 e. The van der Waals surface area contributed by atoms with Gasteiger partial charge in [-0.05, 0) is 24.8 Å². The third-order valence-corrected chi connectivity index (χ3v) is 3.02. The van der Waals surface area contributed by atoms with Crippen LogP contribution in [-0.4, -0.2) is 16.2 Å². The van der Waals surface area contributed by atoms with E-state index in [1.165, 1.54) is 5.56 Å². The first-order chi connectivity index (χ1) is 9.22. The Bertz CT molecular complexity index is 546. The third kappa shape index (κ3) is 3.22. The summed E-state index contributed by atoms with van der Waals surface area (Å²) in [6.07, 6.45) is 2.80. The predicted molar refractivity (Wildman–Crippen MR) is 71.3 cm³/mol. The second-order valence-electron chi connectivity index (χ2n) is 4.47. The van der Waals surface area contributed by atoms with Gasteiger partial charge in [0.05, 0.1) is 5.69 Å². The number of hydrogen-bond acceptors (Lipinski definition) is 3. The van der Waals surface area contributed by atoms with Crippen molar-refractivity contribution < 1.29 is 14.4 Å². The Morgan fingerprint density at radius 3 is 2.58 bits per heavy atom. The number of hydrogen-bond donors (Lipinski definition) is 1. The summed E-state index contributed by atoms with van der Waals surface area (Å²) in [5.41, 5.74) is 1.96. The van der Waals surface area contributed by atoms with E-state index in [9.17, 15) is 9.90 Å². The van der Waals surface area contributed by atoms with Crippen molar-refractivity contribution in [1.29, 1.82) is 0 Å². The molecule has 4 nitrogen and oxygen atoms in total. The van der Waals surface area contributed by atoms with Crippen LogP contribution < -0.4 is 0 Å². The van der Waals surface area contributed by atoms with Gasteiger partial charge in [0.2, 0.25) is 0 Å². The van der Waals surface area contributed by atoms with Gasteiger partial charge in [0.25, 0.3) is 0 Å². The zero-order valence-electron chi connectivity index (χ0n) is 10.9. The lowest BCUT2D eigenvalue weighted by molar-refractivity contribution is 0.0693. The molecule has 0 spiro atoms. The molecule has 0 fully saturated rings. The van der Waals surface area contributed by atoms with E-state index >= 15 is 0 Å². The second-order valence-corrected chi connectivity index (χ2v) is 4.47. The van der Waals surface area contributed by atoms with Gasteiger partial charge in [-0.3, -0.25) is 0 Å². The molecule has 0 bridgehead atoms. The number of rotatable bonds is 6. The quantitative estimate of drug-likeness (QED) is 0.865. The van der Waals surface area contributed by atoms with E-state index in [1.807, 2.05) is 37.3 Å². The van der Waals surface area contributed by atoms with Gasteiger partial charge in [-0.25, -0.2) is 4.79 Å². The number of carboxylic acids is 1. The Morgan fingerprint density at radius 1 is 1.21 bits per heavy atom. The van der Waals surface area contributed by atoms with Gasteiger partial charge in [-0.2, -0.15) is 0 Å². The van der Waals surface area contributed by atoms with Crippen LogP contribution in [0.15, 0.2) is 34.9 Å². The Balaban J connectivity index is 2.14. The van der Waals surface area contributed by atoms with Gasteiger partial charge >= 0.3 is 5.97 Å². The molecule has 0 amide bonds. The van der Waals surface area contributed by atoms with Crippen LogP contribution in [0.5, 0.6) is 0 Å². The van der Waals surface area contributed by atoms with Crippen LogP contribution in [0.4, 0.5) is 0 Å². The number of aryl methyl sites for hydroxylation is 3. The lowest BCUT2D eigenvalue weighted by Crippen LogP contribution is -2.04. The first-order valence-electron chi connectivity index (χ1n) is 6.47. The van der Waals surface area contributed by atoms with Crippen LogP contribution >= 0.6 is 0 Å². The maximum atomic E-state index is 11.3. The van der Waals surface area contributed by atoms with Crippen LogP contribution in [-0.2, 0) is 19.3 Å². The molecule has 2 rings (SSSR count). The van der Waals surface area contributed by atoms with Crippen molar-refractivity contribution in [2.75, 3.05) is 0 Å². The number of carboxylic acid groups (broad SMARTS) is 1. The highest BCUT2D eigenvalue weighted by Crippen LogP contribution is 2.18. The smallest absolute Gasteiger partial charge is 0.341 e. The molecular formula is C15H17NO3. The van der Waals surface area contributed by atoms with E-state index < -0.39 is 5.97 Å². The fraction of sp³-hybridized carbons (Fsp3) is 0.333. The number of aromatic nitrogens is 1. The van der Waals surface area contributed by atoms with Crippen molar-refractivity contribution in [3.8, 4) is 0 Å². The highest BCUT2D eigenvalue weighted by Gasteiger charge is 2.21. The molecule has 0 unspecified atom stereocenters. The molecule has 0 aliphatic carbocycles. The molecule has 100 valence electrons. The van der Waals surface area contributed by atoms with Crippen molar-refractivity contribution in [1.82, 2.24) is 5.16 Å². The highest BCUT2D eigenvalue weighted by atomic mass is 16.5. The molecule has 0 aliphatic rings. The molecule has 0 saturated heterocycles. The summed E-state index contributed by atoms with van der Waals surface area (Å²) in [6, 6.07) is 9.94. The predicted octanol–water partition coefficient (Wildman–Crippen LogP) is 3.11. The standard InChI is InChI=1S/C15H17NO3/c1-2-6-13-14(15(17)18)12(16-19-13)10-9-11-7-4-3-5-8-11/h3-5,7-8H,2,6,9-10H2,1H3,(H,17,18). The molecule has 4 heteroatoms. The van der Waals surface area contributed by atoms with Crippen LogP contribution in [0.1, 0.15) is 40.7 Å². The van der Waals surface area contributed by atoms with Crippen molar-refractivity contribution >= 4 is 5.97 Å². The molecule has 1 aromatic carbocycles. The Morgan fingerprint density at radius 2 is 1.95 bits per heavy atom. The van der Waals surface area contributed by atoms with Gasteiger partial charge in [-0.15, -0.1) is 0 Å². The minimum absolute atomic E-state index is 0.248. The van der Waals surface area contributed by atoms with Gasteiger partial charge in [-0.1, -0.05) is 42.4 Å². The number of carbonyl (C=O) groups is 1. The van der Waals surface area contributed by atoms with Crippen molar-refractivity contribution in [3.05, 3.63) is 52.9 Å². The number of aromatic carboxylic acids is 1. The number of nitrogens with zero attached hydrogens (tertiary/aromatic N) is 1. The lowest BCUT2D eigenvalue weighted by atomic mass is 10.0. The minimum atomic E-state index is -0.951. The van der Waals surface area contributed by atoms with E-state index in [0.29, 0.717) is 24.3 Å². The molecule has 1 heterocycles. The highest BCUT2D eigenvalue weighted by molar-refractivity contribution is 5.90. The van der Waals surface area contributed by atoms with Crippen molar-refractivity contribution in [3.63, 3.8) is 0 Å². The van der Waals surface area contributed by atoms with Crippen molar-refractivity contribution in [2.24, 2.45) is 0 Å². The summed E-state index contributed by atoms with van der Waals surface area (Å²) in [4.78, 5) is 11.3. The van der Waals surface area contributed by atoms with Crippen LogP contribution in [0.3, 0.4) is 0 Å². The van der Waals surface area contributed by atoms with E-state index in [4.69, 9.17) is 4.52 Å². The summed E-state index contributed by atoms with van der Waals surface area (Å²) < 4.78 is 5.16. The van der Waals surface area contributed by atoms with Gasteiger partial charge in [0, 0.05) is 6.42 Å². The molecule has 0 atom stereocenters. The number of benzene rings is 1. The maximum Gasteiger partial charge on any atom is 0.341 e. The Labute approximate surface area is 112 Å². The zero-order valence-corrected chi connectivity index (χ0v) is 10.9. The molecular weight excluding hydrogens is 242 g/mol. The Hall–Kier alpha value is -2.10. The molecule has 0 aliphatic heterocycles. The maximum absolute atomic E-state index is 11.3. The molecule has 1 aromatic heterocycles. The molecule has 0 radical (unpaired) electrons. The fourth-order valence-corrected chi connectivity index (χ4v) is 2.08. The monoisotopic (exact) mass is 259 g/mol. The third-order valence-electron chi connectivity index (χ3n) is 3.02. The average molecular weight is 259 g/mol. The largest absolute Gasteiger partial charge is 0.477 e. The van der Waals surface area contributed by atoms with Gasteiger partial charge in [0.1, 0.15) is 5.56 Å². The normalized spacial score (nSPS) is 10.6. The van der Waals surface area contributed by atoms with E-state index in [2.05, 4.69) is 5.16 Å². The molecule has 2 aromatic rings. The Kier molecular flexibility index (Phi) is 4.34. The van der Waals surface area contributed by atoms with E-state index in [0.717, 1.165) is 12.8 Å². The summed E-state index contributed by atoms with van der Waals surface area (Å²) in [7, 11) is 0. The summed E-state index contributed by atoms with van der Waals surface area (Å²) in [5, 5.41) is 13.2. The van der Waals surface area contributed by atoms with Crippen LogP contribution in [0, 0.1) is 0 Å². The zero-order chi connectivity index (χ0) is 13.7.